The van der Waals surface area contributed by atoms with Gasteiger partial charge < -0.3 is 4.79 Å². The highest BCUT2D eigenvalue weighted by Gasteiger charge is 1.94. The predicted molar refractivity (Wildman–Crippen MR) is 122 cm³/mol. The zero-order valence-electron chi connectivity index (χ0n) is 18.4. The minimum absolute atomic E-state index is 0.757. The van der Waals surface area contributed by atoms with Gasteiger partial charge in [0.1, 0.15) is 6.29 Å². The molecule has 0 N–H and O–H groups in total. The van der Waals surface area contributed by atoms with Crippen molar-refractivity contribution >= 4 is 6.29 Å². The summed E-state index contributed by atoms with van der Waals surface area (Å²) in [6, 6.07) is 0. The SMILES string of the molecule is CCCCC/C=C/C/C=C/CCCCCCCCCCCCCCCC=O. The largest absolute Gasteiger partial charge is 0.303 e. The Morgan fingerprint density at radius 2 is 0.815 bits per heavy atom. The Labute approximate surface area is 171 Å². The second-order valence-electron chi connectivity index (χ2n) is 8.01. The van der Waals surface area contributed by atoms with Gasteiger partial charge in [-0.15, -0.1) is 0 Å². The van der Waals surface area contributed by atoms with Crippen molar-refractivity contribution in [2.75, 3.05) is 0 Å². The molecule has 0 aromatic rings. The number of aldehydes is 1. The molecule has 0 aliphatic carbocycles. The number of hydrogen-bond donors (Lipinski definition) is 0. The van der Waals surface area contributed by atoms with Gasteiger partial charge in [-0.25, -0.2) is 0 Å². The molecule has 1 heteroatoms. The minimum atomic E-state index is 0.757. The molecule has 1 nitrogen and oxygen atoms in total. The first kappa shape index (κ1) is 26.1. The third-order valence-electron chi connectivity index (χ3n) is 5.27. The molecular weight excluding hydrogens is 328 g/mol. The van der Waals surface area contributed by atoms with Crippen LogP contribution in [0.25, 0.3) is 0 Å². The van der Waals surface area contributed by atoms with Crippen LogP contribution in [-0.2, 0) is 4.79 Å². The van der Waals surface area contributed by atoms with Gasteiger partial charge in [0.25, 0.3) is 0 Å². The number of carbonyl (C=O) groups is 1. The fourth-order valence-corrected chi connectivity index (χ4v) is 3.45. The molecule has 27 heavy (non-hydrogen) atoms. The van der Waals surface area contributed by atoms with E-state index in [0.717, 1.165) is 25.5 Å². The average molecular weight is 377 g/mol. The third-order valence-corrected chi connectivity index (χ3v) is 5.27. The minimum Gasteiger partial charge on any atom is -0.303 e. The summed E-state index contributed by atoms with van der Waals surface area (Å²) in [5.74, 6) is 0. The molecule has 0 saturated heterocycles. The van der Waals surface area contributed by atoms with Crippen molar-refractivity contribution < 1.29 is 4.79 Å². The van der Waals surface area contributed by atoms with Crippen molar-refractivity contribution in [2.24, 2.45) is 0 Å². The van der Waals surface area contributed by atoms with Gasteiger partial charge in [0.15, 0.2) is 0 Å². The fourth-order valence-electron chi connectivity index (χ4n) is 3.45. The van der Waals surface area contributed by atoms with Crippen LogP contribution in [0.1, 0.15) is 135 Å². The molecule has 0 spiro atoms. The van der Waals surface area contributed by atoms with Crippen molar-refractivity contribution in [3.05, 3.63) is 24.3 Å². The summed E-state index contributed by atoms with van der Waals surface area (Å²) in [6.07, 6.45) is 36.5. The third kappa shape index (κ3) is 25.2. The second kappa shape index (κ2) is 25.1. The van der Waals surface area contributed by atoms with Gasteiger partial charge in [0, 0.05) is 6.42 Å². The van der Waals surface area contributed by atoms with Crippen LogP contribution in [0.15, 0.2) is 24.3 Å². The van der Waals surface area contributed by atoms with E-state index in [-0.39, 0.29) is 0 Å². The van der Waals surface area contributed by atoms with E-state index in [2.05, 4.69) is 31.2 Å². The van der Waals surface area contributed by atoms with Crippen LogP contribution in [0, 0.1) is 0 Å². The van der Waals surface area contributed by atoms with Crippen LogP contribution in [0.4, 0.5) is 0 Å². The lowest BCUT2D eigenvalue weighted by Gasteiger charge is -2.02. The number of carbonyl (C=O) groups excluding carboxylic acids is 1. The van der Waals surface area contributed by atoms with Crippen LogP contribution in [-0.4, -0.2) is 6.29 Å². The van der Waals surface area contributed by atoms with Crippen LogP contribution >= 0.6 is 0 Å². The quantitative estimate of drug-likeness (QED) is 0.105. The Morgan fingerprint density at radius 1 is 0.444 bits per heavy atom. The van der Waals surface area contributed by atoms with E-state index in [9.17, 15) is 4.79 Å². The Kier molecular flexibility index (Phi) is 24.4. The monoisotopic (exact) mass is 376 g/mol. The molecule has 0 unspecified atom stereocenters. The molecule has 0 atom stereocenters. The first-order valence-electron chi connectivity index (χ1n) is 12.2. The Balaban J connectivity index is 3.10. The zero-order valence-corrected chi connectivity index (χ0v) is 18.4. The number of allylic oxidation sites excluding steroid dienone is 4. The van der Waals surface area contributed by atoms with E-state index < -0.39 is 0 Å². The molecule has 0 amide bonds. The van der Waals surface area contributed by atoms with E-state index in [4.69, 9.17) is 0 Å². The van der Waals surface area contributed by atoms with Gasteiger partial charge in [-0.1, -0.05) is 115 Å². The fraction of sp³-hybridized carbons (Fsp3) is 0.808. The highest BCUT2D eigenvalue weighted by molar-refractivity contribution is 5.48. The molecule has 0 aliphatic rings. The van der Waals surface area contributed by atoms with Crippen molar-refractivity contribution in [3.8, 4) is 0 Å². The Morgan fingerprint density at radius 3 is 1.22 bits per heavy atom. The number of rotatable bonds is 22. The predicted octanol–water partition coefficient (Wildman–Crippen LogP) is 9.12. The number of hydrogen-bond acceptors (Lipinski definition) is 1. The lowest BCUT2D eigenvalue weighted by molar-refractivity contribution is -0.107. The normalized spacial score (nSPS) is 11.7. The molecule has 158 valence electrons. The number of unbranched alkanes of at least 4 members (excludes halogenated alkanes) is 17. The van der Waals surface area contributed by atoms with E-state index in [0.29, 0.717) is 0 Å². The first-order valence-corrected chi connectivity index (χ1v) is 12.2. The van der Waals surface area contributed by atoms with E-state index >= 15 is 0 Å². The van der Waals surface area contributed by atoms with Crippen molar-refractivity contribution in [2.45, 2.75) is 135 Å². The maximum absolute atomic E-state index is 10.2. The van der Waals surface area contributed by atoms with Crippen molar-refractivity contribution in [1.82, 2.24) is 0 Å². The lowest BCUT2D eigenvalue weighted by Crippen LogP contribution is -1.83. The van der Waals surface area contributed by atoms with E-state index in [1.165, 1.54) is 109 Å². The zero-order chi connectivity index (χ0) is 19.7. The lowest BCUT2D eigenvalue weighted by atomic mass is 10.0. The van der Waals surface area contributed by atoms with Gasteiger partial charge in [0.2, 0.25) is 0 Å². The molecule has 0 heterocycles. The van der Waals surface area contributed by atoms with Crippen LogP contribution < -0.4 is 0 Å². The molecule has 0 rings (SSSR count). The summed E-state index contributed by atoms with van der Waals surface area (Å²) >= 11 is 0. The smallest absolute Gasteiger partial charge is 0.119 e. The summed E-state index contributed by atoms with van der Waals surface area (Å²) in [5.41, 5.74) is 0. The molecule has 0 bridgehead atoms. The van der Waals surface area contributed by atoms with Gasteiger partial charge in [-0.05, 0) is 38.5 Å². The standard InChI is InChI=1S/C26H48O/c1-2-3-4-5-6-7-8-9-10-11-12-13-14-15-16-17-18-19-20-21-22-23-24-25-26-27/h6-7,9-10,26H,2-5,8,11-25H2,1H3/b7-6+,10-9+. The molecule has 0 aliphatic heterocycles. The van der Waals surface area contributed by atoms with Crippen LogP contribution in [0.2, 0.25) is 0 Å². The summed E-state index contributed by atoms with van der Waals surface area (Å²) in [7, 11) is 0. The molecule has 0 radical (unpaired) electrons. The maximum atomic E-state index is 10.2. The molecule has 0 aromatic carbocycles. The highest BCUT2D eigenvalue weighted by atomic mass is 16.1. The van der Waals surface area contributed by atoms with Crippen LogP contribution in [0.3, 0.4) is 0 Å². The molecule has 0 saturated carbocycles. The Bertz CT molecular complexity index is 329. The molecule has 0 fully saturated rings. The van der Waals surface area contributed by atoms with Gasteiger partial charge in [-0.3, -0.25) is 0 Å². The summed E-state index contributed by atoms with van der Waals surface area (Å²) in [5, 5.41) is 0. The first-order chi connectivity index (χ1) is 13.4. The van der Waals surface area contributed by atoms with Gasteiger partial charge >= 0.3 is 0 Å². The van der Waals surface area contributed by atoms with Crippen molar-refractivity contribution in [3.63, 3.8) is 0 Å². The molecule has 0 aromatic heterocycles. The van der Waals surface area contributed by atoms with Gasteiger partial charge in [-0.2, -0.15) is 0 Å². The Hall–Kier alpha value is -0.850. The summed E-state index contributed by atoms with van der Waals surface area (Å²) in [4.78, 5) is 10.2. The highest BCUT2D eigenvalue weighted by Crippen LogP contribution is 2.13. The van der Waals surface area contributed by atoms with Crippen LogP contribution in [0.5, 0.6) is 0 Å². The summed E-state index contributed by atoms with van der Waals surface area (Å²) in [6.45, 7) is 2.26. The van der Waals surface area contributed by atoms with Crippen molar-refractivity contribution in [1.29, 1.82) is 0 Å². The van der Waals surface area contributed by atoms with E-state index in [1.54, 1.807) is 0 Å². The topological polar surface area (TPSA) is 17.1 Å². The van der Waals surface area contributed by atoms with Gasteiger partial charge in [0.05, 0.1) is 0 Å². The van der Waals surface area contributed by atoms with E-state index in [1.807, 2.05) is 0 Å². The maximum Gasteiger partial charge on any atom is 0.119 e. The average Bonchev–Trinajstić information content (AvgIpc) is 2.68. The molecular formula is C26H48O. The summed E-state index contributed by atoms with van der Waals surface area (Å²) < 4.78 is 0. The second-order valence-corrected chi connectivity index (χ2v) is 8.01.